The van der Waals surface area contributed by atoms with Crippen LogP contribution in [0.1, 0.15) is 16.1 Å². The zero-order valence-corrected chi connectivity index (χ0v) is 12.9. The van der Waals surface area contributed by atoms with Gasteiger partial charge in [-0.05, 0) is 48.2 Å². The van der Waals surface area contributed by atoms with E-state index in [1.807, 2.05) is 0 Å². The Kier molecular flexibility index (Phi) is 5.91. The summed E-state index contributed by atoms with van der Waals surface area (Å²) in [5.41, 5.74) is -4.34. The first-order chi connectivity index (χ1) is 11.3. The zero-order valence-electron chi connectivity index (χ0n) is 12.1. The highest BCUT2D eigenvalue weighted by Gasteiger charge is 2.29. The SMILES string of the molecule is O=C(COC(=O)c1ccc(SC(F)(F)F)cc1)NCc1ccco1. The quantitative estimate of drug-likeness (QED) is 0.633. The number of carbonyl (C=O) groups excluding carboxylic acids is 2. The van der Waals surface area contributed by atoms with Gasteiger partial charge in [-0.25, -0.2) is 4.79 Å². The van der Waals surface area contributed by atoms with E-state index in [0.717, 1.165) is 12.1 Å². The van der Waals surface area contributed by atoms with Crippen LogP contribution >= 0.6 is 11.8 Å². The average Bonchev–Trinajstić information content (AvgIpc) is 3.03. The molecule has 0 aliphatic rings. The van der Waals surface area contributed by atoms with E-state index in [4.69, 9.17) is 9.15 Å². The standard InChI is InChI=1S/C15H12F3NO4S/c16-15(17,18)24-12-5-3-10(4-6-12)14(21)23-9-13(20)19-8-11-2-1-7-22-11/h1-7H,8-9H2,(H,19,20). The van der Waals surface area contributed by atoms with Gasteiger partial charge in [0.15, 0.2) is 6.61 Å². The Morgan fingerprint density at radius 2 is 1.88 bits per heavy atom. The lowest BCUT2D eigenvalue weighted by Crippen LogP contribution is -2.28. The minimum atomic E-state index is -4.39. The first kappa shape index (κ1) is 17.9. The van der Waals surface area contributed by atoms with Crippen LogP contribution in [0.5, 0.6) is 0 Å². The molecule has 2 aromatic rings. The van der Waals surface area contributed by atoms with E-state index in [-0.39, 0.29) is 28.8 Å². The van der Waals surface area contributed by atoms with Crippen LogP contribution in [-0.4, -0.2) is 24.0 Å². The molecule has 0 unspecified atom stereocenters. The summed E-state index contributed by atoms with van der Waals surface area (Å²) < 4.78 is 46.4. The van der Waals surface area contributed by atoms with Gasteiger partial charge in [0, 0.05) is 4.90 Å². The molecule has 1 aromatic carbocycles. The van der Waals surface area contributed by atoms with Gasteiger partial charge in [0.05, 0.1) is 18.4 Å². The smallest absolute Gasteiger partial charge is 0.446 e. The van der Waals surface area contributed by atoms with E-state index in [1.165, 1.54) is 18.4 Å². The summed E-state index contributed by atoms with van der Waals surface area (Å²) >= 11 is -0.280. The third kappa shape index (κ3) is 5.99. The normalized spacial score (nSPS) is 11.1. The number of alkyl halides is 3. The molecule has 1 N–H and O–H groups in total. The number of amides is 1. The molecule has 2 rings (SSSR count). The number of hydrogen-bond donors (Lipinski definition) is 1. The third-order valence-corrected chi connectivity index (χ3v) is 3.44. The zero-order chi connectivity index (χ0) is 17.6. The van der Waals surface area contributed by atoms with Crippen LogP contribution in [0, 0.1) is 0 Å². The van der Waals surface area contributed by atoms with Crippen LogP contribution in [-0.2, 0) is 16.1 Å². The van der Waals surface area contributed by atoms with Gasteiger partial charge >= 0.3 is 11.5 Å². The van der Waals surface area contributed by atoms with Crippen molar-refractivity contribution in [1.82, 2.24) is 5.32 Å². The highest BCUT2D eigenvalue weighted by molar-refractivity contribution is 8.00. The van der Waals surface area contributed by atoms with Gasteiger partial charge in [-0.3, -0.25) is 4.79 Å². The molecule has 0 spiro atoms. The number of carbonyl (C=O) groups is 2. The summed E-state index contributed by atoms with van der Waals surface area (Å²) in [6.07, 6.45) is 1.46. The Hall–Kier alpha value is -2.42. The second kappa shape index (κ2) is 7.91. The van der Waals surface area contributed by atoms with E-state index in [9.17, 15) is 22.8 Å². The van der Waals surface area contributed by atoms with Gasteiger partial charge in [0.25, 0.3) is 5.91 Å². The largest absolute Gasteiger partial charge is 0.467 e. The summed E-state index contributed by atoms with van der Waals surface area (Å²) in [7, 11) is 0. The van der Waals surface area contributed by atoms with Crippen molar-refractivity contribution >= 4 is 23.6 Å². The van der Waals surface area contributed by atoms with Crippen LogP contribution in [0.25, 0.3) is 0 Å². The molecule has 5 nitrogen and oxygen atoms in total. The fourth-order valence-electron chi connectivity index (χ4n) is 1.66. The molecule has 0 fully saturated rings. The topological polar surface area (TPSA) is 68.5 Å². The monoisotopic (exact) mass is 359 g/mol. The second-order valence-electron chi connectivity index (χ2n) is 4.50. The Balaban J connectivity index is 1.78. The summed E-state index contributed by atoms with van der Waals surface area (Å²) in [4.78, 5) is 23.2. The maximum absolute atomic E-state index is 12.2. The van der Waals surface area contributed by atoms with E-state index in [2.05, 4.69) is 5.32 Å². The molecule has 24 heavy (non-hydrogen) atoms. The van der Waals surface area contributed by atoms with Crippen molar-refractivity contribution in [2.24, 2.45) is 0 Å². The number of hydrogen-bond acceptors (Lipinski definition) is 5. The van der Waals surface area contributed by atoms with Gasteiger partial charge in [0.2, 0.25) is 0 Å². The summed E-state index contributed by atoms with van der Waals surface area (Å²) in [6.45, 7) is -0.342. The summed E-state index contributed by atoms with van der Waals surface area (Å²) in [5.74, 6) is -0.775. The third-order valence-electron chi connectivity index (χ3n) is 2.70. The fraction of sp³-hybridized carbons (Fsp3) is 0.200. The lowest BCUT2D eigenvalue weighted by atomic mass is 10.2. The number of rotatable bonds is 6. The van der Waals surface area contributed by atoms with E-state index in [1.54, 1.807) is 12.1 Å². The molecule has 9 heteroatoms. The van der Waals surface area contributed by atoms with E-state index < -0.39 is 24.0 Å². The van der Waals surface area contributed by atoms with Crippen LogP contribution in [0.15, 0.2) is 52.0 Å². The molecule has 0 radical (unpaired) electrons. The predicted molar refractivity (Wildman–Crippen MR) is 79.2 cm³/mol. The molecule has 0 saturated carbocycles. The number of benzene rings is 1. The van der Waals surface area contributed by atoms with Crippen LogP contribution in [0.3, 0.4) is 0 Å². The fourth-order valence-corrected chi connectivity index (χ4v) is 2.20. The number of thioether (sulfide) groups is 1. The van der Waals surface area contributed by atoms with Crippen LogP contribution < -0.4 is 5.32 Å². The first-order valence-corrected chi connectivity index (χ1v) is 7.47. The number of ether oxygens (including phenoxy) is 1. The van der Waals surface area contributed by atoms with Crippen molar-refractivity contribution in [3.63, 3.8) is 0 Å². The molecular formula is C15H12F3NO4S. The minimum absolute atomic E-state index is 0.0461. The van der Waals surface area contributed by atoms with Crippen molar-refractivity contribution in [2.45, 2.75) is 16.9 Å². The van der Waals surface area contributed by atoms with Gasteiger partial charge in [0.1, 0.15) is 5.76 Å². The van der Waals surface area contributed by atoms with Gasteiger partial charge in [-0.2, -0.15) is 13.2 Å². The van der Waals surface area contributed by atoms with Gasteiger partial charge in [-0.1, -0.05) is 0 Å². The molecule has 128 valence electrons. The first-order valence-electron chi connectivity index (χ1n) is 6.65. The lowest BCUT2D eigenvalue weighted by Gasteiger charge is -2.07. The number of furan rings is 1. The Morgan fingerprint density at radius 3 is 2.46 bits per heavy atom. The number of esters is 1. The lowest BCUT2D eigenvalue weighted by molar-refractivity contribution is -0.124. The Bertz CT molecular complexity index is 684. The van der Waals surface area contributed by atoms with Crippen molar-refractivity contribution in [1.29, 1.82) is 0 Å². The van der Waals surface area contributed by atoms with Crippen LogP contribution in [0.2, 0.25) is 0 Å². The van der Waals surface area contributed by atoms with Crippen LogP contribution in [0.4, 0.5) is 13.2 Å². The van der Waals surface area contributed by atoms with Crippen molar-refractivity contribution in [3.05, 3.63) is 54.0 Å². The second-order valence-corrected chi connectivity index (χ2v) is 5.64. The maximum atomic E-state index is 12.2. The molecule has 0 bridgehead atoms. The highest BCUT2D eigenvalue weighted by Crippen LogP contribution is 2.36. The molecule has 0 atom stereocenters. The Morgan fingerprint density at radius 1 is 1.17 bits per heavy atom. The molecule has 0 aliphatic carbocycles. The maximum Gasteiger partial charge on any atom is 0.446 e. The number of halogens is 3. The summed E-state index contributed by atoms with van der Waals surface area (Å²) in [5, 5.41) is 2.49. The molecule has 1 aromatic heterocycles. The van der Waals surface area contributed by atoms with Crippen molar-refractivity contribution in [2.75, 3.05) is 6.61 Å². The molecule has 0 saturated heterocycles. The molecular weight excluding hydrogens is 347 g/mol. The van der Waals surface area contributed by atoms with E-state index in [0.29, 0.717) is 5.76 Å². The molecule has 0 aliphatic heterocycles. The molecule has 1 amide bonds. The Labute approximate surface area is 139 Å². The predicted octanol–water partition coefficient (Wildman–Crippen LogP) is 3.36. The highest BCUT2D eigenvalue weighted by atomic mass is 32.2. The van der Waals surface area contributed by atoms with Crippen molar-refractivity contribution in [3.8, 4) is 0 Å². The summed E-state index contributed by atoms with van der Waals surface area (Å²) in [6, 6.07) is 8.07. The number of nitrogens with one attached hydrogen (secondary N) is 1. The van der Waals surface area contributed by atoms with E-state index >= 15 is 0 Å². The van der Waals surface area contributed by atoms with Gasteiger partial charge < -0.3 is 14.5 Å². The van der Waals surface area contributed by atoms with Crippen molar-refractivity contribution < 1.29 is 31.9 Å². The minimum Gasteiger partial charge on any atom is -0.467 e. The van der Waals surface area contributed by atoms with Gasteiger partial charge in [-0.15, -0.1) is 0 Å². The molecule has 1 heterocycles. The average molecular weight is 359 g/mol.